The van der Waals surface area contributed by atoms with E-state index >= 15 is 0 Å². The van der Waals surface area contributed by atoms with Gasteiger partial charge >= 0.3 is 0 Å². The SMILES string of the molecule is OSOCCc1ccncc1. The van der Waals surface area contributed by atoms with E-state index in [9.17, 15) is 0 Å². The van der Waals surface area contributed by atoms with Crippen molar-refractivity contribution in [2.75, 3.05) is 6.61 Å². The Balaban J connectivity index is 2.28. The smallest absolute Gasteiger partial charge is 0.155 e. The maximum Gasteiger partial charge on any atom is 0.155 e. The molecule has 11 heavy (non-hydrogen) atoms. The standard InChI is InChI=1S/C7H9NO2S/c9-11-10-6-3-7-1-4-8-5-2-7/h1-2,4-5,9H,3,6H2. The van der Waals surface area contributed by atoms with Crippen LogP contribution in [0, 0.1) is 0 Å². The molecule has 1 N–H and O–H groups in total. The van der Waals surface area contributed by atoms with Gasteiger partial charge in [-0.25, -0.2) is 0 Å². The Labute approximate surface area is 69.8 Å². The molecular formula is C7H9NO2S. The molecule has 0 saturated heterocycles. The summed E-state index contributed by atoms with van der Waals surface area (Å²) in [5.74, 6) is 0. The van der Waals surface area contributed by atoms with Crippen molar-refractivity contribution in [3.05, 3.63) is 30.1 Å². The first-order valence-corrected chi connectivity index (χ1v) is 3.95. The summed E-state index contributed by atoms with van der Waals surface area (Å²) in [6.45, 7) is 0.519. The number of rotatable bonds is 4. The van der Waals surface area contributed by atoms with Gasteiger partial charge in [0, 0.05) is 12.4 Å². The number of nitrogens with zero attached hydrogens (tertiary/aromatic N) is 1. The molecule has 0 bridgehead atoms. The molecule has 0 spiro atoms. The van der Waals surface area contributed by atoms with E-state index in [1.165, 1.54) is 0 Å². The van der Waals surface area contributed by atoms with Crippen molar-refractivity contribution >= 4 is 12.3 Å². The fourth-order valence-corrected chi connectivity index (χ4v) is 0.904. The summed E-state index contributed by atoms with van der Waals surface area (Å²) < 4.78 is 12.9. The van der Waals surface area contributed by atoms with Crippen LogP contribution in [0.2, 0.25) is 0 Å². The highest BCUT2D eigenvalue weighted by molar-refractivity contribution is 7.88. The molecule has 0 unspecified atom stereocenters. The molecule has 0 aliphatic carbocycles. The lowest BCUT2D eigenvalue weighted by molar-refractivity contribution is 0.348. The number of aromatic nitrogens is 1. The highest BCUT2D eigenvalue weighted by Crippen LogP contribution is 2.00. The fourth-order valence-electron chi connectivity index (χ4n) is 0.746. The maximum atomic E-state index is 8.23. The first-order chi connectivity index (χ1) is 5.43. The Kier molecular flexibility index (Phi) is 3.96. The molecule has 0 saturated carbocycles. The molecule has 0 aliphatic heterocycles. The lowest BCUT2D eigenvalue weighted by Crippen LogP contribution is -1.92. The van der Waals surface area contributed by atoms with Crippen molar-refractivity contribution in [1.29, 1.82) is 0 Å². The molecular weight excluding hydrogens is 162 g/mol. The molecule has 3 nitrogen and oxygen atoms in total. The van der Waals surface area contributed by atoms with Crippen LogP contribution in [0.5, 0.6) is 0 Å². The van der Waals surface area contributed by atoms with Crippen molar-refractivity contribution in [3.8, 4) is 0 Å². The molecule has 0 fully saturated rings. The number of pyridine rings is 1. The Morgan fingerprint density at radius 2 is 2.18 bits per heavy atom. The van der Waals surface area contributed by atoms with Crippen LogP contribution in [-0.2, 0) is 10.6 Å². The second kappa shape index (κ2) is 5.12. The fraction of sp³-hybridized carbons (Fsp3) is 0.286. The first kappa shape index (κ1) is 8.52. The van der Waals surface area contributed by atoms with Crippen molar-refractivity contribution in [2.45, 2.75) is 6.42 Å². The van der Waals surface area contributed by atoms with Gasteiger partial charge in [0.25, 0.3) is 0 Å². The molecule has 60 valence electrons. The monoisotopic (exact) mass is 171 g/mol. The Morgan fingerprint density at radius 1 is 1.45 bits per heavy atom. The minimum Gasteiger partial charge on any atom is -0.307 e. The normalized spacial score (nSPS) is 9.91. The molecule has 1 rings (SSSR count). The summed E-state index contributed by atoms with van der Waals surface area (Å²) in [5.41, 5.74) is 1.16. The summed E-state index contributed by atoms with van der Waals surface area (Å²) in [7, 11) is 0. The molecule has 0 atom stereocenters. The van der Waals surface area contributed by atoms with Crippen LogP contribution in [-0.4, -0.2) is 16.1 Å². The van der Waals surface area contributed by atoms with Crippen LogP contribution in [0.15, 0.2) is 24.5 Å². The largest absolute Gasteiger partial charge is 0.307 e. The van der Waals surface area contributed by atoms with Gasteiger partial charge in [0.2, 0.25) is 0 Å². The number of hydrogen-bond donors (Lipinski definition) is 1. The van der Waals surface area contributed by atoms with Gasteiger partial charge in [-0.2, -0.15) is 0 Å². The van der Waals surface area contributed by atoms with E-state index in [1.807, 2.05) is 12.1 Å². The quantitative estimate of drug-likeness (QED) is 0.553. The molecule has 1 aromatic heterocycles. The van der Waals surface area contributed by atoms with E-state index in [1.54, 1.807) is 12.4 Å². The highest BCUT2D eigenvalue weighted by Gasteiger charge is 1.90. The van der Waals surface area contributed by atoms with Gasteiger partial charge in [0.1, 0.15) is 0 Å². The maximum absolute atomic E-state index is 8.23. The van der Waals surface area contributed by atoms with Crippen LogP contribution in [0.3, 0.4) is 0 Å². The third-order valence-electron chi connectivity index (χ3n) is 1.28. The van der Waals surface area contributed by atoms with Crippen LogP contribution >= 0.6 is 12.3 Å². The van der Waals surface area contributed by atoms with E-state index in [2.05, 4.69) is 9.17 Å². The molecule has 0 radical (unpaired) electrons. The van der Waals surface area contributed by atoms with Crippen LogP contribution in [0.25, 0.3) is 0 Å². The summed E-state index contributed by atoms with van der Waals surface area (Å²) >= 11 is 0.405. The zero-order valence-corrected chi connectivity index (χ0v) is 6.75. The van der Waals surface area contributed by atoms with Crippen LogP contribution in [0.4, 0.5) is 0 Å². The third-order valence-corrected chi connectivity index (χ3v) is 1.55. The van der Waals surface area contributed by atoms with Gasteiger partial charge in [-0.05, 0) is 24.1 Å². The predicted molar refractivity (Wildman–Crippen MR) is 44.1 cm³/mol. The van der Waals surface area contributed by atoms with Gasteiger partial charge in [-0.3, -0.25) is 9.17 Å². The van der Waals surface area contributed by atoms with Crippen molar-refractivity contribution in [2.24, 2.45) is 0 Å². The van der Waals surface area contributed by atoms with E-state index < -0.39 is 0 Å². The number of hydrogen-bond acceptors (Lipinski definition) is 4. The van der Waals surface area contributed by atoms with Crippen molar-refractivity contribution < 1.29 is 8.74 Å². The predicted octanol–water partition coefficient (Wildman–Crippen LogP) is 1.76. The second-order valence-electron chi connectivity index (χ2n) is 2.00. The van der Waals surface area contributed by atoms with Crippen molar-refractivity contribution in [3.63, 3.8) is 0 Å². The van der Waals surface area contributed by atoms with Crippen molar-refractivity contribution in [1.82, 2.24) is 4.98 Å². The average molecular weight is 171 g/mol. The lowest BCUT2D eigenvalue weighted by Gasteiger charge is -1.97. The molecule has 0 aliphatic rings. The van der Waals surface area contributed by atoms with E-state index in [-0.39, 0.29) is 0 Å². The second-order valence-corrected chi connectivity index (χ2v) is 2.39. The molecule has 4 heteroatoms. The minimum atomic E-state index is 0.405. The van der Waals surface area contributed by atoms with Crippen LogP contribution < -0.4 is 0 Å². The lowest BCUT2D eigenvalue weighted by atomic mass is 10.2. The minimum absolute atomic E-state index is 0.405. The summed E-state index contributed by atoms with van der Waals surface area (Å²) in [6.07, 6.45) is 4.28. The topological polar surface area (TPSA) is 42.4 Å². The van der Waals surface area contributed by atoms with E-state index in [4.69, 9.17) is 4.55 Å². The molecule has 1 aromatic rings. The summed E-state index contributed by atoms with van der Waals surface area (Å²) in [5, 5.41) is 0. The average Bonchev–Trinajstić information content (AvgIpc) is 2.07. The zero-order chi connectivity index (χ0) is 7.94. The van der Waals surface area contributed by atoms with E-state index in [0.717, 1.165) is 12.0 Å². The van der Waals surface area contributed by atoms with Gasteiger partial charge in [-0.1, -0.05) is 0 Å². The summed E-state index contributed by atoms with van der Waals surface area (Å²) in [4.78, 5) is 3.88. The molecule has 0 amide bonds. The Morgan fingerprint density at radius 3 is 2.82 bits per heavy atom. The van der Waals surface area contributed by atoms with Gasteiger partial charge in [-0.15, -0.1) is 0 Å². The summed E-state index contributed by atoms with van der Waals surface area (Å²) in [6, 6.07) is 3.84. The van der Waals surface area contributed by atoms with E-state index in [0.29, 0.717) is 18.9 Å². The first-order valence-electron chi connectivity index (χ1n) is 3.25. The Hall–Kier alpha value is -0.580. The molecule has 1 heterocycles. The Bertz CT molecular complexity index is 193. The zero-order valence-electron chi connectivity index (χ0n) is 5.93. The molecule has 0 aromatic carbocycles. The third kappa shape index (κ3) is 3.36. The van der Waals surface area contributed by atoms with Gasteiger partial charge < -0.3 is 4.55 Å². The highest BCUT2D eigenvalue weighted by atomic mass is 32.2. The van der Waals surface area contributed by atoms with Gasteiger partial charge in [0.15, 0.2) is 12.3 Å². The van der Waals surface area contributed by atoms with Crippen LogP contribution in [0.1, 0.15) is 5.56 Å². The van der Waals surface area contributed by atoms with Gasteiger partial charge in [0.05, 0.1) is 6.61 Å².